The fourth-order valence-electron chi connectivity index (χ4n) is 2.98. The molecule has 0 N–H and O–H groups in total. The summed E-state index contributed by atoms with van der Waals surface area (Å²) in [6.07, 6.45) is -0.328. The maximum Gasteiger partial charge on any atom is 0.417 e. The third-order valence-corrected chi connectivity index (χ3v) is 6.10. The minimum Gasteiger partial charge on any atom is -0.495 e. The summed E-state index contributed by atoms with van der Waals surface area (Å²) in [5.74, 6) is -0.168. The van der Waals surface area contributed by atoms with Crippen molar-refractivity contribution >= 4 is 22.0 Å². The number of ether oxygens (including phenoxy) is 2. The number of methoxy groups -OCH3 is 1. The lowest BCUT2D eigenvalue weighted by atomic mass is 10.2. The van der Waals surface area contributed by atoms with Crippen LogP contribution in [-0.2, 0) is 19.6 Å². The van der Waals surface area contributed by atoms with Gasteiger partial charge in [0.2, 0.25) is 10.0 Å². The van der Waals surface area contributed by atoms with Gasteiger partial charge in [-0.05, 0) is 31.0 Å². The molecular formula is C15H18N2O6S. The highest BCUT2D eigenvalue weighted by atomic mass is 32.2. The summed E-state index contributed by atoms with van der Waals surface area (Å²) in [5, 5.41) is 0. The number of cyclic esters (lactones) is 1. The molecule has 0 bridgehead atoms. The minimum absolute atomic E-state index is 0.0558. The van der Waals surface area contributed by atoms with Crippen LogP contribution in [0, 0.1) is 6.92 Å². The summed E-state index contributed by atoms with van der Waals surface area (Å²) in [4.78, 5) is 24.5. The van der Waals surface area contributed by atoms with E-state index in [-0.39, 0.29) is 30.3 Å². The molecule has 2 aliphatic rings. The molecule has 0 aliphatic carbocycles. The van der Waals surface area contributed by atoms with Crippen LogP contribution in [0.3, 0.4) is 0 Å². The summed E-state index contributed by atoms with van der Waals surface area (Å²) >= 11 is 0. The van der Waals surface area contributed by atoms with E-state index in [4.69, 9.17) is 9.47 Å². The van der Waals surface area contributed by atoms with Crippen molar-refractivity contribution < 1.29 is 27.5 Å². The van der Waals surface area contributed by atoms with Crippen molar-refractivity contribution in [2.75, 3.05) is 26.8 Å². The zero-order valence-electron chi connectivity index (χ0n) is 13.4. The Bertz CT molecular complexity index is 775. The van der Waals surface area contributed by atoms with Crippen LogP contribution in [-0.4, -0.2) is 62.5 Å². The van der Waals surface area contributed by atoms with Crippen LogP contribution in [0.4, 0.5) is 4.79 Å². The number of benzene rings is 1. The van der Waals surface area contributed by atoms with Crippen LogP contribution in [0.25, 0.3) is 0 Å². The SMILES string of the molecule is COc1ccc(C)cc1S(=O)(=O)N1CCC(N2C(=O)COC2=O)C1. The number of hydrogen-bond donors (Lipinski definition) is 0. The highest BCUT2D eigenvalue weighted by Crippen LogP contribution is 2.31. The Balaban J connectivity index is 1.86. The van der Waals surface area contributed by atoms with E-state index in [1.165, 1.54) is 11.4 Å². The van der Waals surface area contributed by atoms with Gasteiger partial charge < -0.3 is 9.47 Å². The smallest absolute Gasteiger partial charge is 0.417 e. The molecule has 1 aromatic carbocycles. The maximum atomic E-state index is 12.9. The molecule has 1 aromatic rings. The van der Waals surface area contributed by atoms with E-state index >= 15 is 0 Å². The van der Waals surface area contributed by atoms with Crippen molar-refractivity contribution in [3.05, 3.63) is 23.8 Å². The maximum absolute atomic E-state index is 12.9. The van der Waals surface area contributed by atoms with Gasteiger partial charge in [0.15, 0.2) is 6.61 Å². The quantitative estimate of drug-likeness (QED) is 0.792. The molecule has 130 valence electrons. The Morgan fingerprint density at radius 1 is 1.29 bits per heavy atom. The fraction of sp³-hybridized carbons (Fsp3) is 0.467. The number of hydrogen-bond acceptors (Lipinski definition) is 6. The molecule has 0 spiro atoms. The van der Waals surface area contributed by atoms with E-state index in [2.05, 4.69) is 0 Å². The Morgan fingerprint density at radius 3 is 2.67 bits per heavy atom. The molecule has 2 amide bonds. The second kappa shape index (κ2) is 6.06. The van der Waals surface area contributed by atoms with E-state index in [1.54, 1.807) is 25.1 Å². The number of sulfonamides is 1. The van der Waals surface area contributed by atoms with E-state index in [9.17, 15) is 18.0 Å². The molecule has 9 heteroatoms. The zero-order valence-corrected chi connectivity index (χ0v) is 14.2. The number of amides is 2. The van der Waals surface area contributed by atoms with Crippen LogP contribution in [0.15, 0.2) is 23.1 Å². The van der Waals surface area contributed by atoms with Crippen molar-refractivity contribution in [3.8, 4) is 5.75 Å². The molecule has 2 aliphatic heterocycles. The van der Waals surface area contributed by atoms with Gasteiger partial charge in [-0.1, -0.05) is 6.07 Å². The number of carbonyl (C=O) groups excluding carboxylic acids is 2. The van der Waals surface area contributed by atoms with Gasteiger partial charge >= 0.3 is 6.09 Å². The van der Waals surface area contributed by atoms with Crippen molar-refractivity contribution in [2.24, 2.45) is 0 Å². The molecule has 2 heterocycles. The van der Waals surface area contributed by atoms with Crippen molar-refractivity contribution in [1.29, 1.82) is 0 Å². The Hall–Kier alpha value is -2.13. The van der Waals surface area contributed by atoms with Crippen LogP contribution in [0.2, 0.25) is 0 Å². The van der Waals surface area contributed by atoms with Gasteiger partial charge in [0, 0.05) is 13.1 Å². The van der Waals surface area contributed by atoms with E-state index in [0.29, 0.717) is 6.42 Å². The van der Waals surface area contributed by atoms with Crippen LogP contribution < -0.4 is 4.74 Å². The molecule has 0 aromatic heterocycles. The first-order valence-corrected chi connectivity index (χ1v) is 8.92. The minimum atomic E-state index is -3.78. The number of carbonyl (C=O) groups is 2. The zero-order chi connectivity index (χ0) is 17.5. The Morgan fingerprint density at radius 2 is 2.04 bits per heavy atom. The largest absolute Gasteiger partial charge is 0.495 e. The number of nitrogens with zero attached hydrogens (tertiary/aromatic N) is 2. The lowest BCUT2D eigenvalue weighted by molar-refractivity contribution is -0.127. The van der Waals surface area contributed by atoms with E-state index in [1.807, 2.05) is 0 Å². The third-order valence-electron chi connectivity index (χ3n) is 4.21. The highest BCUT2D eigenvalue weighted by molar-refractivity contribution is 7.89. The number of rotatable bonds is 4. The Labute approximate surface area is 140 Å². The molecule has 8 nitrogen and oxygen atoms in total. The molecule has 3 rings (SSSR count). The molecule has 1 unspecified atom stereocenters. The predicted molar refractivity (Wildman–Crippen MR) is 83.1 cm³/mol. The average Bonchev–Trinajstić information content (AvgIpc) is 3.14. The molecule has 1 atom stereocenters. The predicted octanol–water partition coefficient (Wildman–Crippen LogP) is 0.745. The molecule has 2 saturated heterocycles. The van der Waals surface area contributed by atoms with Crippen molar-refractivity contribution in [1.82, 2.24) is 9.21 Å². The normalized spacial score (nSPS) is 22.1. The first-order valence-electron chi connectivity index (χ1n) is 7.48. The van der Waals surface area contributed by atoms with Crippen molar-refractivity contribution in [2.45, 2.75) is 24.3 Å². The number of aryl methyl sites for hydroxylation is 1. The van der Waals surface area contributed by atoms with E-state index < -0.39 is 28.1 Å². The molecule has 24 heavy (non-hydrogen) atoms. The summed E-state index contributed by atoms with van der Waals surface area (Å²) in [6.45, 7) is 1.79. The second-order valence-corrected chi connectivity index (χ2v) is 7.68. The molecule has 0 radical (unpaired) electrons. The summed E-state index contributed by atoms with van der Waals surface area (Å²) in [6, 6.07) is 4.43. The number of imide groups is 1. The van der Waals surface area contributed by atoms with Crippen molar-refractivity contribution in [3.63, 3.8) is 0 Å². The van der Waals surface area contributed by atoms with Gasteiger partial charge in [-0.3, -0.25) is 4.79 Å². The average molecular weight is 354 g/mol. The first kappa shape index (κ1) is 16.7. The summed E-state index contributed by atoms with van der Waals surface area (Å²) < 4.78 is 37.0. The molecule has 0 saturated carbocycles. The van der Waals surface area contributed by atoms with Crippen LogP contribution in [0.5, 0.6) is 5.75 Å². The lowest BCUT2D eigenvalue weighted by Crippen LogP contribution is -2.42. The van der Waals surface area contributed by atoms with Crippen LogP contribution >= 0.6 is 0 Å². The first-order chi connectivity index (χ1) is 11.3. The van der Waals surface area contributed by atoms with E-state index in [0.717, 1.165) is 10.5 Å². The third kappa shape index (κ3) is 2.73. The monoisotopic (exact) mass is 354 g/mol. The fourth-order valence-corrected chi connectivity index (χ4v) is 4.71. The van der Waals surface area contributed by atoms with Gasteiger partial charge in [-0.15, -0.1) is 0 Å². The Kier molecular flexibility index (Phi) is 4.22. The topological polar surface area (TPSA) is 93.2 Å². The van der Waals surface area contributed by atoms with Gasteiger partial charge in [0.05, 0.1) is 13.2 Å². The van der Waals surface area contributed by atoms with Crippen LogP contribution in [0.1, 0.15) is 12.0 Å². The van der Waals surface area contributed by atoms with Gasteiger partial charge in [-0.2, -0.15) is 4.31 Å². The molecule has 2 fully saturated rings. The van der Waals surface area contributed by atoms with Gasteiger partial charge in [0.25, 0.3) is 5.91 Å². The molecular weight excluding hydrogens is 336 g/mol. The summed E-state index contributed by atoms with van der Waals surface area (Å²) in [5.41, 5.74) is 0.795. The van der Waals surface area contributed by atoms with Gasteiger partial charge in [-0.25, -0.2) is 18.1 Å². The standard InChI is InChI=1S/C15H18N2O6S/c1-10-3-4-12(22-2)13(7-10)24(20,21)16-6-5-11(8-16)17-14(18)9-23-15(17)19/h3-4,7,11H,5-6,8-9H2,1-2H3. The highest BCUT2D eigenvalue weighted by Gasteiger charge is 2.43. The summed E-state index contributed by atoms with van der Waals surface area (Å²) in [7, 11) is -2.37. The second-order valence-electron chi connectivity index (χ2n) is 5.78. The van der Waals surface area contributed by atoms with Gasteiger partial charge in [0.1, 0.15) is 10.6 Å². The lowest BCUT2D eigenvalue weighted by Gasteiger charge is -2.21.